The van der Waals surface area contributed by atoms with Crippen LogP contribution in [0.5, 0.6) is 0 Å². The molecule has 1 amide bonds. The number of nitrogens with zero attached hydrogens (tertiary/aromatic N) is 1. The molecule has 1 aromatic carbocycles. The van der Waals surface area contributed by atoms with Crippen molar-refractivity contribution in [1.82, 2.24) is 10.3 Å². The normalized spacial score (nSPS) is 9.88. The summed E-state index contributed by atoms with van der Waals surface area (Å²) >= 11 is 0. The summed E-state index contributed by atoms with van der Waals surface area (Å²) in [6, 6.07) is 11.4. The van der Waals surface area contributed by atoms with Crippen LogP contribution in [0.15, 0.2) is 42.7 Å². The molecular formula is C13H12N3O. The first-order valence-electron chi connectivity index (χ1n) is 5.19. The fraction of sp³-hybridized carbons (Fsp3) is 0.0769. The van der Waals surface area contributed by atoms with Crippen LogP contribution < -0.4 is 11.1 Å². The number of amides is 1. The van der Waals surface area contributed by atoms with Crippen molar-refractivity contribution < 1.29 is 4.79 Å². The topological polar surface area (TPSA) is 68.0 Å². The van der Waals surface area contributed by atoms with E-state index in [0.717, 1.165) is 5.56 Å². The van der Waals surface area contributed by atoms with Gasteiger partial charge in [-0.1, -0.05) is 6.07 Å². The minimum Gasteiger partial charge on any atom is -0.399 e. The van der Waals surface area contributed by atoms with Gasteiger partial charge in [0.05, 0.1) is 0 Å². The Kier molecular flexibility index (Phi) is 3.35. The average Bonchev–Trinajstić information content (AvgIpc) is 2.37. The van der Waals surface area contributed by atoms with Gasteiger partial charge in [-0.05, 0) is 35.9 Å². The van der Waals surface area contributed by atoms with Crippen LogP contribution in [0.4, 0.5) is 5.69 Å². The summed E-state index contributed by atoms with van der Waals surface area (Å²) in [4.78, 5) is 15.7. The molecule has 0 saturated heterocycles. The van der Waals surface area contributed by atoms with Crippen LogP contribution >= 0.6 is 0 Å². The predicted molar refractivity (Wildman–Crippen MR) is 65.1 cm³/mol. The number of pyridine rings is 1. The van der Waals surface area contributed by atoms with Crippen LogP contribution in [0.25, 0.3) is 0 Å². The van der Waals surface area contributed by atoms with Crippen LogP contribution in [0.3, 0.4) is 0 Å². The molecule has 0 aliphatic carbocycles. The van der Waals surface area contributed by atoms with Gasteiger partial charge in [0.25, 0.3) is 5.91 Å². The molecule has 0 aliphatic rings. The van der Waals surface area contributed by atoms with Gasteiger partial charge in [-0.15, -0.1) is 0 Å². The van der Waals surface area contributed by atoms with Crippen LogP contribution in [0, 0.1) is 6.07 Å². The molecule has 3 N–H and O–H groups in total. The van der Waals surface area contributed by atoms with Gasteiger partial charge in [0.15, 0.2) is 0 Å². The van der Waals surface area contributed by atoms with Crippen LogP contribution in [0.1, 0.15) is 15.9 Å². The van der Waals surface area contributed by atoms with Gasteiger partial charge in [0.1, 0.15) is 0 Å². The number of nitrogens with one attached hydrogen (secondary N) is 1. The molecule has 4 nitrogen and oxygen atoms in total. The maximum Gasteiger partial charge on any atom is 0.251 e. The summed E-state index contributed by atoms with van der Waals surface area (Å²) in [5, 5.41) is 2.79. The average molecular weight is 226 g/mol. The van der Waals surface area contributed by atoms with Crippen molar-refractivity contribution in [3.05, 3.63) is 59.9 Å². The summed E-state index contributed by atoms with van der Waals surface area (Å²) in [6.07, 6.45) is 3.41. The lowest BCUT2D eigenvalue weighted by Gasteiger charge is -2.05. The first-order valence-corrected chi connectivity index (χ1v) is 5.19. The molecule has 0 spiro atoms. The second kappa shape index (κ2) is 5.12. The molecule has 0 atom stereocenters. The number of benzene rings is 1. The number of carbonyl (C=O) groups is 1. The highest BCUT2D eigenvalue weighted by Gasteiger charge is 2.04. The summed E-state index contributed by atoms with van der Waals surface area (Å²) in [5.74, 6) is -0.169. The predicted octanol–water partition coefficient (Wildman–Crippen LogP) is 1.39. The third-order valence-electron chi connectivity index (χ3n) is 2.25. The van der Waals surface area contributed by atoms with E-state index in [-0.39, 0.29) is 5.91 Å². The van der Waals surface area contributed by atoms with Crippen molar-refractivity contribution in [1.29, 1.82) is 0 Å². The summed E-state index contributed by atoms with van der Waals surface area (Å²) in [7, 11) is 0. The van der Waals surface area contributed by atoms with Gasteiger partial charge in [0.2, 0.25) is 0 Å². The highest BCUT2D eigenvalue weighted by atomic mass is 16.1. The minimum atomic E-state index is -0.169. The molecule has 85 valence electrons. The van der Waals surface area contributed by atoms with Gasteiger partial charge < -0.3 is 11.1 Å². The summed E-state index contributed by atoms with van der Waals surface area (Å²) < 4.78 is 0. The number of carbonyl (C=O) groups excluding carboxylic acids is 1. The van der Waals surface area contributed by atoms with Crippen molar-refractivity contribution >= 4 is 11.6 Å². The van der Waals surface area contributed by atoms with E-state index in [1.807, 2.05) is 12.1 Å². The van der Waals surface area contributed by atoms with Gasteiger partial charge >= 0.3 is 0 Å². The number of anilines is 1. The number of hydrogen-bond donors (Lipinski definition) is 2. The smallest absolute Gasteiger partial charge is 0.251 e. The molecule has 17 heavy (non-hydrogen) atoms. The van der Waals surface area contributed by atoms with Crippen molar-refractivity contribution in [3.8, 4) is 0 Å². The molecular weight excluding hydrogens is 214 g/mol. The van der Waals surface area contributed by atoms with Gasteiger partial charge in [-0.3, -0.25) is 9.78 Å². The highest BCUT2D eigenvalue weighted by molar-refractivity contribution is 5.94. The van der Waals surface area contributed by atoms with E-state index >= 15 is 0 Å². The van der Waals surface area contributed by atoms with E-state index in [4.69, 9.17) is 5.73 Å². The summed E-state index contributed by atoms with van der Waals surface area (Å²) in [6.45, 7) is 0.446. The van der Waals surface area contributed by atoms with E-state index in [0.29, 0.717) is 17.8 Å². The van der Waals surface area contributed by atoms with E-state index in [1.54, 1.807) is 30.6 Å². The Bertz CT molecular complexity index is 511. The van der Waals surface area contributed by atoms with Gasteiger partial charge in [-0.25, -0.2) is 0 Å². The molecule has 2 aromatic rings. The van der Waals surface area contributed by atoms with Crippen molar-refractivity contribution in [2.24, 2.45) is 0 Å². The molecule has 0 fully saturated rings. The Morgan fingerprint density at radius 1 is 1.47 bits per heavy atom. The van der Waals surface area contributed by atoms with E-state index in [2.05, 4.69) is 16.4 Å². The van der Waals surface area contributed by atoms with E-state index in [9.17, 15) is 4.79 Å². The third kappa shape index (κ3) is 3.04. The molecule has 1 heterocycles. The number of nitrogens with two attached hydrogens (primary N) is 1. The molecule has 1 radical (unpaired) electrons. The van der Waals surface area contributed by atoms with Crippen molar-refractivity contribution in [2.75, 3.05) is 5.73 Å². The number of nitrogen functional groups attached to an aromatic ring is 1. The molecule has 0 bridgehead atoms. The fourth-order valence-corrected chi connectivity index (χ4v) is 1.41. The largest absolute Gasteiger partial charge is 0.399 e. The Labute approximate surface area is 99.5 Å². The zero-order chi connectivity index (χ0) is 12.1. The lowest BCUT2D eigenvalue weighted by atomic mass is 10.2. The number of aromatic nitrogens is 1. The zero-order valence-electron chi connectivity index (χ0n) is 9.18. The first-order chi connectivity index (χ1) is 8.25. The standard InChI is InChI=1S/C13H12N3O/c14-12-5-1-4-11(7-12)13(17)16-9-10-3-2-6-15-8-10/h2-8H,9,14H2,(H,16,17). The molecule has 0 saturated carbocycles. The second-order valence-electron chi connectivity index (χ2n) is 3.60. The Balaban J connectivity index is 1.98. The van der Waals surface area contributed by atoms with Crippen LogP contribution in [0.2, 0.25) is 0 Å². The quantitative estimate of drug-likeness (QED) is 0.777. The molecule has 0 aliphatic heterocycles. The molecule has 2 rings (SSSR count). The third-order valence-corrected chi connectivity index (χ3v) is 2.25. The Hall–Kier alpha value is -2.36. The minimum absolute atomic E-state index is 0.169. The highest BCUT2D eigenvalue weighted by Crippen LogP contribution is 2.06. The molecule has 1 aromatic heterocycles. The van der Waals surface area contributed by atoms with Crippen LogP contribution in [-0.4, -0.2) is 10.9 Å². The Morgan fingerprint density at radius 3 is 3.06 bits per heavy atom. The zero-order valence-corrected chi connectivity index (χ0v) is 9.18. The van der Waals surface area contributed by atoms with Crippen molar-refractivity contribution in [3.63, 3.8) is 0 Å². The van der Waals surface area contributed by atoms with Crippen molar-refractivity contribution in [2.45, 2.75) is 6.54 Å². The molecule has 0 unspecified atom stereocenters. The first kappa shape index (κ1) is 11.1. The lowest BCUT2D eigenvalue weighted by molar-refractivity contribution is 0.0951. The maximum absolute atomic E-state index is 11.8. The second-order valence-corrected chi connectivity index (χ2v) is 3.60. The summed E-state index contributed by atoms with van der Waals surface area (Å²) in [5.41, 5.74) is 7.57. The van der Waals surface area contributed by atoms with Crippen LogP contribution in [-0.2, 0) is 6.54 Å². The Morgan fingerprint density at radius 2 is 2.35 bits per heavy atom. The van der Waals surface area contributed by atoms with E-state index in [1.165, 1.54) is 0 Å². The van der Waals surface area contributed by atoms with Gasteiger partial charge in [0, 0.05) is 30.2 Å². The van der Waals surface area contributed by atoms with E-state index < -0.39 is 0 Å². The fourth-order valence-electron chi connectivity index (χ4n) is 1.41. The van der Waals surface area contributed by atoms with Gasteiger partial charge in [-0.2, -0.15) is 0 Å². The number of hydrogen-bond acceptors (Lipinski definition) is 3. The monoisotopic (exact) mass is 226 g/mol. The SMILES string of the molecule is Nc1c[c]cc(C(=O)NCc2cccnc2)c1. The maximum atomic E-state index is 11.8. The molecule has 4 heteroatoms. The number of rotatable bonds is 3. The lowest BCUT2D eigenvalue weighted by Crippen LogP contribution is -2.22.